The lowest BCUT2D eigenvalue weighted by atomic mass is 10.5. The van der Waals surface area contributed by atoms with Gasteiger partial charge in [0.15, 0.2) is 0 Å². The average Bonchev–Trinajstić information content (AvgIpc) is 2.29. The molecule has 0 aromatic heterocycles. The number of aliphatic hydroxyl groups excluding tert-OH is 3. The SMILES string of the molecule is COCCOCCC[Si](CO)(CO)CO. The maximum absolute atomic E-state index is 9.10. The summed E-state index contributed by atoms with van der Waals surface area (Å²) in [6, 6.07) is 0.684. The van der Waals surface area contributed by atoms with Gasteiger partial charge in [-0.1, -0.05) is 0 Å². The van der Waals surface area contributed by atoms with Gasteiger partial charge in [0.05, 0.1) is 13.2 Å². The Morgan fingerprint density at radius 1 is 0.933 bits per heavy atom. The van der Waals surface area contributed by atoms with Gasteiger partial charge in [-0.3, -0.25) is 0 Å². The van der Waals surface area contributed by atoms with Crippen molar-refractivity contribution in [3.8, 4) is 0 Å². The van der Waals surface area contributed by atoms with Crippen molar-refractivity contribution in [1.29, 1.82) is 0 Å². The van der Waals surface area contributed by atoms with Crippen LogP contribution in [0.15, 0.2) is 0 Å². The van der Waals surface area contributed by atoms with Gasteiger partial charge in [0, 0.05) is 32.4 Å². The molecule has 0 aliphatic heterocycles. The van der Waals surface area contributed by atoms with Crippen LogP contribution in [0.25, 0.3) is 0 Å². The Balaban J connectivity index is 3.54. The van der Waals surface area contributed by atoms with Crippen molar-refractivity contribution in [2.24, 2.45) is 0 Å². The van der Waals surface area contributed by atoms with E-state index >= 15 is 0 Å². The van der Waals surface area contributed by atoms with Crippen molar-refractivity contribution >= 4 is 8.07 Å². The van der Waals surface area contributed by atoms with Crippen LogP contribution in [-0.2, 0) is 9.47 Å². The van der Waals surface area contributed by atoms with Gasteiger partial charge in [-0.15, -0.1) is 0 Å². The molecular formula is C9H22O5Si. The van der Waals surface area contributed by atoms with E-state index in [9.17, 15) is 0 Å². The second-order valence-electron chi connectivity index (χ2n) is 3.68. The van der Waals surface area contributed by atoms with Crippen LogP contribution in [-0.4, -0.2) is 69.0 Å². The minimum absolute atomic E-state index is 0.0714. The molecule has 15 heavy (non-hydrogen) atoms. The topological polar surface area (TPSA) is 79.2 Å². The Bertz CT molecular complexity index is 132. The predicted molar refractivity (Wildman–Crippen MR) is 59.1 cm³/mol. The van der Waals surface area contributed by atoms with Crippen molar-refractivity contribution in [3.63, 3.8) is 0 Å². The van der Waals surface area contributed by atoms with Crippen LogP contribution >= 0.6 is 0 Å². The maximum atomic E-state index is 9.10. The third kappa shape index (κ3) is 6.24. The summed E-state index contributed by atoms with van der Waals surface area (Å²) in [7, 11) is -0.615. The number of rotatable bonds is 10. The molecule has 0 radical (unpaired) electrons. The monoisotopic (exact) mass is 238 g/mol. The fourth-order valence-electron chi connectivity index (χ4n) is 1.18. The van der Waals surface area contributed by atoms with Crippen molar-refractivity contribution in [2.75, 3.05) is 45.6 Å². The third-order valence-corrected chi connectivity index (χ3v) is 5.86. The van der Waals surface area contributed by atoms with E-state index in [1.165, 1.54) is 0 Å². The van der Waals surface area contributed by atoms with Crippen LogP contribution in [0.2, 0.25) is 6.04 Å². The molecule has 0 atom stereocenters. The van der Waals surface area contributed by atoms with Gasteiger partial charge < -0.3 is 24.8 Å². The molecule has 0 aromatic carbocycles. The number of aliphatic hydroxyl groups is 3. The van der Waals surface area contributed by atoms with E-state index in [1.54, 1.807) is 7.11 Å². The maximum Gasteiger partial charge on any atom is 0.139 e. The summed E-state index contributed by atoms with van der Waals surface area (Å²) < 4.78 is 10.1. The van der Waals surface area contributed by atoms with Crippen LogP contribution < -0.4 is 0 Å². The van der Waals surface area contributed by atoms with Gasteiger partial charge >= 0.3 is 0 Å². The van der Waals surface area contributed by atoms with Crippen LogP contribution in [0.3, 0.4) is 0 Å². The molecule has 0 saturated heterocycles. The zero-order valence-electron chi connectivity index (χ0n) is 9.31. The zero-order chi connectivity index (χ0) is 11.6. The zero-order valence-corrected chi connectivity index (χ0v) is 10.3. The first-order valence-electron chi connectivity index (χ1n) is 5.14. The second-order valence-corrected chi connectivity index (χ2v) is 8.13. The van der Waals surface area contributed by atoms with Gasteiger partial charge in [0.25, 0.3) is 0 Å². The highest BCUT2D eigenvalue weighted by Crippen LogP contribution is 2.10. The van der Waals surface area contributed by atoms with Crippen molar-refractivity contribution in [3.05, 3.63) is 0 Å². The first-order valence-corrected chi connectivity index (χ1v) is 7.97. The van der Waals surface area contributed by atoms with Gasteiger partial charge in [-0.05, 0) is 12.5 Å². The molecule has 0 spiro atoms. The molecule has 0 heterocycles. The molecule has 0 saturated carbocycles. The lowest BCUT2D eigenvalue weighted by molar-refractivity contribution is 0.0706. The minimum Gasteiger partial charge on any atom is -0.399 e. The van der Waals surface area contributed by atoms with Gasteiger partial charge in [-0.2, -0.15) is 0 Å². The van der Waals surface area contributed by atoms with Gasteiger partial charge in [0.1, 0.15) is 8.07 Å². The molecule has 0 fully saturated rings. The number of ether oxygens (including phenoxy) is 2. The first kappa shape index (κ1) is 15.0. The summed E-state index contributed by atoms with van der Waals surface area (Å²) in [4.78, 5) is 0. The third-order valence-electron chi connectivity index (χ3n) is 2.43. The Morgan fingerprint density at radius 3 is 2.00 bits per heavy atom. The second kappa shape index (κ2) is 9.26. The normalized spacial score (nSPS) is 12.0. The summed E-state index contributed by atoms with van der Waals surface area (Å²) in [6.07, 6.45) is 0.547. The summed E-state index contributed by atoms with van der Waals surface area (Å²) in [6.45, 7) is 1.71. The van der Waals surface area contributed by atoms with Crippen molar-refractivity contribution in [2.45, 2.75) is 12.5 Å². The van der Waals surface area contributed by atoms with E-state index in [0.717, 1.165) is 6.42 Å². The Morgan fingerprint density at radius 2 is 1.53 bits per heavy atom. The quantitative estimate of drug-likeness (QED) is 0.339. The van der Waals surface area contributed by atoms with E-state index in [0.29, 0.717) is 25.9 Å². The molecule has 0 unspecified atom stereocenters. The molecular weight excluding hydrogens is 216 g/mol. The van der Waals surface area contributed by atoms with E-state index in [-0.39, 0.29) is 18.7 Å². The van der Waals surface area contributed by atoms with E-state index in [1.807, 2.05) is 0 Å². The largest absolute Gasteiger partial charge is 0.399 e. The molecule has 92 valence electrons. The fraction of sp³-hybridized carbons (Fsp3) is 1.00. The van der Waals surface area contributed by atoms with Crippen molar-refractivity contribution in [1.82, 2.24) is 0 Å². The van der Waals surface area contributed by atoms with Crippen LogP contribution in [0.5, 0.6) is 0 Å². The lowest BCUT2D eigenvalue weighted by Crippen LogP contribution is -2.48. The smallest absolute Gasteiger partial charge is 0.139 e. The van der Waals surface area contributed by atoms with Crippen molar-refractivity contribution < 1.29 is 24.8 Å². The van der Waals surface area contributed by atoms with E-state index < -0.39 is 8.07 Å². The van der Waals surface area contributed by atoms with E-state index in [2.05, 4.69) is 0 Å². The van der Waals surface area contributed by atoms with Gasteiger partial charge in [-0.25, -0.2) is 0 Å². The molecule has 0 aliphatic carbocycles. The number of hydrogen-bond donors (Lipinski definition) is 3. The number of methoxy groups -OCH3 is 1. The molecule has 0 bridgehead atoms. The Hall–Kier alpha value is 0.0169. The Labute approximate surface area is 91.6 Å². The fourth-order valence-corrected chi connectivity index (χ4v) is 2.85. The highest BCUT2D eigenvalue weighted by Gasteiger charge is 2.30. The lowest BCUT2D eigenvalue weighted by Gasteiger charge is -2.24. The summed E-state index contributed by atoms with van der Waals surface area (Å²) in [5.74, 6) is 0. The molecule has 6 heteroatoms. The summed E-state index contributed by atoms with van der Waals surface area (Å²) >= 11 is 0. The molecule has 0 aliphatic rings. The molecule has 0 aromatic rings. The van der Waals surface area contributed by atoms with E-state index in [4.69, 9.17) is 24.8 Å². The summed E-state index contributed by atoms with van der Waals surface area (Å²) in [5.41, 5.74) is 0. The molecule has 5 nitrogen and oxygen atoms in total. The van der Waals surface area contributed by atoms with Crippen LogP contribution in [0.1, 0.15) is 6.42 Å². The standard InChI is InChI=1S/C9H22O5Si/c1-13-4-5-14-3-2-6-15(7-10,8-11)9-12/h10-12H,2-9H2,1H3. The van der Waals surface area contributed by atoms with Crippen LogP contribution in [0, 0.1) is 0 Å². The highest BCUT2D eigenvalue weighted by atomic mass is 28.3. The highest BCUT2D eigenvalue weighted by molar-refractivity contribution is 6.79. The molecule has 0 rings (SSSR count). The number of hydrogen-bond acceptors (Lipinski definition) is 5. The average molecular weight is 238 g/mol. The molecule has 3 N–H and O–H groups in total. The predicted octanol–water partition coefficient (Wildman–Crippen LogP) is -0.917. The molecule has 0 amide bonds. The minimum atomic E-state index is -2.23. The Kier molecular flexibility index (Phi) is 9.27. The summed E-state index contributed by atoms with van der Waals surface area (Å²) in [5, 5.41) is 27.3. The van der Waals surface area contributed by atoms with Gasteiger partial charge in [0.2, 0.25) is 0 Å². The van der Waals surface area contributed by atoms with Crippen LogP contribution in [0.4, 0.5) is 0 Å². The first-order chi connectivity index (χ1) is 7.24.